The Labute approximate surface area is 193 Å². The average molecular weight is 445 g/mol. The number of carbonyl (C=O) groups is 2. The van der Waals surface area contributed by atoms with E-state index in [1.165, 1.54) is 11.0 Å². The highest BCUT2D eigenvalue weighted by Gasteiger charge is 2.39. The molecule has 33 heavy (non-hydrogen) atoms. The van der Waals surface area contributed by atoms with E-state index >= 15 is 0 Å². The second-order valence-corrected chi connectivity index (χ2v) is 8.49. The standard InChI is InChI=1S/C26H28N4O3/c1-18-22(31)15-16-29-23(18)26(33)28(19(2)25(32)27(3)4)17-30(29)24(20-11-7-5-8-12-20)21-13-9-6-10-14-21/h5-16,19,24H,17H2,1-4H3. The topological polar surface area (TPSA) is 65.9 Å². The van der Waals surface area contributed by atoms with Gasteiger partial charge in [-0.05, 0) is 25.0 Å². The van der Waals surface area contributed by atoms with Crippen LogP contribution < -0.4 is 10.4 Å². The largest absolute Gasteiger partial charge is 0.347 e. The Bertz CT molecular complexity index is 1180. The highest BCUT2D eigenvalue weighted by molar-refractivity contribution is 5.98. The number of likely N-dealkylation sites (N-methyl/N-ethyl adjacent to an activating group) is 1. The van der Waals surface area contributed by atoms with Crippen molar-refractivity contribution in [2.24, 2.45) is 0 Å². The van der Waals surface area contributed by atoms with Gasteiger partial charge in [-0.1, -0.05) is 60.7 Å². The average Bonchev–Trinajstić information content (AvgIpc) is 2.83. The van der Waals surface area contributed by atoms with Crippen molar-refractivity contribution in [3.8, 4) is 0 Å². The van der Waals surface area contributed by atoms with Crippen LogP contribution in [-0.4, -0.2) is 53.1 Å². The lowest BCUT2D eigenvalue weighted by Crippen LogP contribution is -2.60. The molecule has 7 nitrogen and oxygen atoms in total. The van der Waals surface area contributed by atoms with Crippen molar-refractivity contribution in [2.45, 2.75) is 25.9 Å². The molecule has 1 atom stereocenters. The first-order valence-electron chi connectivity index (χ1n) is 10.9. The third-order valence-corrected chi connectivity index (χ3v) is 6.15. The van der Waals surface area contributed by atoms with E-state index in [0.29, 0.717) is 5.56 Å². The van der Waals surface area contributed by atoms with Crippen LogP contribution in [0.3, 0.4) is 0 Å². The molecule has 0 N–H and O–H groups in total. The Kier molecular flexibility index (Phi) is 6.05. The first kappa shape index (κ1) is 22.3. The molecular weight excluding hydrogens is 416 g/mol. The van der Waals surface area contributed by atoms with Gasteiger partial charge < -0.3 is 9.80 Å². The van der Waals surface area contributed by atoms with Gasteiger partial charge in [-0.25, -0.2) is 0 Å². The van der Waals surface area contributed by atoms with Crippen molar-refractivity contribution in [2.75, 3.05) is 25.8 Å². The molecule has 1 aliphatic heterocycles. The predicted molar refractivity (Wildman–Crippen MR) is 128 cm³/mol. The maximum absolute atomic E-state index is 13.6. The van der Waals surface area contributed by atoms with Gasteiger partial charge in [0.05, 0.1) is 6.04 Å². The molecule has 4 rings (SSSR count). The van der Waals surface area contributed by atoms with Crippen LogP contribution in [0.4, 0.5) is 0 Å². The highest BCUT2D eigenvalue weighted by atomic mass is 16.2. The van der Waals surface area contributed by atoms with Crippen LogP contribution in [0, 0.1) is 6.92 Å². The zero-order chi connectivity index (χ0) is 23.7. The third-order valence-electron chi connectivity index (χ3n) is 6.15. The normalized spacial score (nSPS) is 14.3. The molecule has 0 aliphatic carbocycles. The summed E-state index contributed by atoms with van der Waals surface area (Å²) in [5.41, 5.74) is 2.50. The lowest BCUT2D eigenvalue weighted by atomic mass is 9.97. The van der Waals surface area contributed by atoms with Crippen molar-refractivity contribution < 1.29 is 9.59 Å². The molecule has 3 aromatic rings. The summed E-state index contributed by atoms with van der Waals surface area (Å²) in [4.78, 5) is 41.9. The molecule has 0 spiro atoms. The van der Waals surface area contributed by atoms with Crippen molar-refractivity contribution >= 4 is 11.8 Å². The fraction of sp³-hybridized carbons (Fsp3) is 0.269. The van der Waals surface area contributed by atoms with E-state index in [-0.39, 0.29) is 35.6 Å². The minimum atomic E-state index is -0.689. The molecule has 0 radical (unpaired) electrons. The number of hydrogen-bond donors (Lipinski definition) is 0. The van der Waals surface area contributed by atoms with Crippen LogP contribution in [0.2, 0.25) is 0 Å². The first-order chi connectivity index (χ1) is 15.8. The van der Waals surface area contributed by atoms with Crippen molar-refractivity contribution in [3.63, 3.8) is 0 Å². The molecule has 0 saturated heterocycles. The summed E-state index contributed by atoms with van der Waals surface area (Å²) in [7, 11) is 3.34. The van der Waals surface area contributed by atoms with E-state index in [2.05, 4.69) is 0 Å². The molecule has 2 heterocycles. The lowest BCUT2D eigenvalue weighted by Gasteiger charge is -2.46. The molecule has 0 bridgehead atoms. The van der Waals surface area contributed by atoms with Crippen LogP contribution in [-0.2, 0) is 4.79 Å². The highest BCUT2D eigenvalue weighted by Crippen LogP contribution is 2.31. The molecule has 0 fully saturated rings. The molecule has 2 aromatic carbocycles. The maximum Gasteiger partial charge on any atom is 0.274 e. The third kappa shape index (κ3) is 4.02. The van der Waals surface area contributed by atoms with E-state index in [9.17, 15) is 14.4 Å². The van der Waals surface area contributed by atoms with Gasteiger partial charge in [-0.3, -0.25) is 24.1 Å². The van der Waals surface area contributed by atoms with Crippen LogP contribution in [0.15, 0.2) is 77.7 Å². The number of benzene rings is 2. The predicted octanol–water partition coefficient (Wildman–Crippen LogP) is 2.77. The Morgan fingerprint density at radius 2 is 1.45 bits per heavy atom. The number of carbonyl (C=O) groups excluding carboxylic acids is 2. The zero-order valence-corrected chi connectivity index (χ0v) is 19.3. The zero-order valence-electron chi connectivity index (χ0n) is 19.3. The second-order valence-electron chi connectivity index (χ2n) is 8.49. The lowest BCUT2D eigenvalue weighted by molar-refractivity contribution is -0.133. The smallest absolute Gasteiger partial charge is 0.274 e. The summed E-state index contributed by atoms with van der Waals surface area (Å²) in [6.45, 7) is 3.57. The van der Waals surface area contributed by atoms with Gasteiger partial charge in [-0.2, -0.15) is 0 Å². The number of fused-ring (bicyclic) bond motifs is 1. The van der Waals surface area contributed by atoms with E-state index in [1.807, 2.05) is 65.7 Å². The SMILES string of the molecule is Cc1c2n(ccc1=O)N(C(c1ccccc1)c1ccccc1)CN(C(C)C(=O)N(C)C)C2=O. The van der Waals surface area contributed by atoms with Crippen LogP contribution >= 0.6 is 0 Å². The van der Waals surface area contributed by atoms with Crippen molar-refractivity contribution in [1.82, 2.24) is 14.5 Å². The molecule has 7 heteroatoms. The molecule has 0 saturated carbocycles. The fourth-order valence-electron chi connectivity index (χ4n) is 4.34. The van der Waals surface area contributed by atoms with Crippen molar-refractivity contribution in [1.29, 1.82) is 0 Å². The second kappa shape index (κ2) is 8.94. The minimum absolute atomic E-state index is 0.177. The summed E-state index contributed by atoms with van der Waals surface area (Å²) in [6.07, 6.45) is 1.65. The number of hydrogen-bond acceptors (Lipinski definition) is 4. The Balaban J connectivity index is 1.93. The van der Waals surface area contributed by atoms with E-state index in [0.717, 1.165) is 11.1 Å². The molecule has 2 amide bonds. The Hall–Kier alpha value is -3.87. The number of pyridine rings is 1. The van der Waals surface area contributed by atoms with Gasteiger partial charge in [-0.15, -0.1) is 0 Å². The van der Waals surface area contributed by atoms with Gasteiger partial charge in [0.1, 0.15) is 18.4 Å². The van der Waals surface area contributed by atoms with E-state index in [4.69, 9.17) is 0 Å². The molecule has 170 valence electrons. The summed E-state index contributed by atoms with van der Waals surface area (Å²) in [5, 5.41) is 2.04. The summed E-state index contributed by atoms with van der Waals surface area (Å²) >= 11 is 0. The molecule has 1 unspecified atom stereocenters. The van der Waals surface area contributed by atoms with E-state index in [1.54, 1.807) is 43.7 Å². The molecule has 1 aliphatic rings. The van der Waals surface area contributed by atoms with E-state index < -0.39 is 6.04 Å². The quantitative estimate of drug-likeness (QED) is 0.607. The van der Waals surface area contributed by atoms with Gasteiger partial charge in [0.2, 0.25) is 5.91 Å². The molecule has 1 aromatic heterocycles. The first-order valence-corrected chi connectivity index (χ1v) is 10.9. The summed E-state index contributed by atoms with van der Waals surface area (Å²) in [6, 6.07) is 20.6. The fourth-order valence-corrected chi connectivity index (χ4v) is 4.34. The van der Waals surface area contributed by atoms with Gasteiger partial charge in [0.25, 0.3) is 5.91 Å². The number of rotatable bonds is 5. The minimum Gasteiger partial charge on any atom is -0.347 e. The number of nitrogens with zero attached hydrogens (tertiary/aromatic N) is 4. The van der Waals surface area contributed by atoms with Gasteiger partial charge >= 0.3 is 0 Å². The summed E-state index contributed by atoms with van der Waals surface area (Å²) < 4.78 is 1.77. The monoisotopic (exact) mass is 444 g/mol. The maximum atomic E-state index is 13.6. The van der Waals surface area contributed by atoms with Crippen LogP contribution in [0.1, 0.15) is 40.1 Å². The van der Waals surface area contributed by atoms with Crippen LogP contribution in [0.5, 0.6) is 0 Å². The Morgan fingerprint density at radius 3 is 1.97 bits per heavy atom. The van der Waals surface area contributed by atoms with Crippen LogP contribution in [0.25, 0.3) is 0 Å². The van der Waals surface area contributed by atoms with Crippen molar-refractivity contribution in [3.05, 3.63) is 106 Å². The number of aromatic nitrogens is 1. The Morgan fingerprint density at radius 1 is 0.909 bits per heavy atom. The van der Waals surface area contributed by atoms with Gasteiger partial charge in [0, 0.05) is 31.9 Å². The molecular formula is C26H28N4O3. The number of amides is 2. The van der Waals surface area contributed by atoms with Gasteiger partial charge in [0.15, 0.2) is 5.43 Å². The summed E-state index contributed by atoms with van der Waals surface area (Å²) in [5.74, 6) is -0.507.